The maximum atomic E-state index is 12.8. The van der Waals surface area contributed by atoms with Gasteiger partial charge >= 0.3 is 0 Å². The Morgan fingerprint density at radius 2 is 1.58 bits per heavy atom. The molecular weight excluding hydrogens is 307 g/mol. The van der Waals surface area contributed by atoms with E-state index in [1.165, 1.54) is 12.1 Å². The summed E-state index contributed by atoms with van der Waals surface area (Å²) in [5, 5.41) is 5.48. The molecule has 2 rings (SSSR count). The monoisotopic (exact) mass is 328 g/mol. The lowest BCUT2D eigenvalue weighted by Crippen LogP contribution is -2.29. The Morgan fingerprint density at radius 3 is 2.21 bits per heavy atom. The first-order chi connectivity index (χ1) is 11.5. The Balaban J connectivity index is 1.77. The Kier molecular flexibility index (Phi) is 6.07. The van der Waals surface area contributed by atoms with E-state index in [0.29, 0.717) is 13.0 Å². The average molecular weight is 328 g/mol. The van der Waals surface area contributed by atoms with Crippen LogP contribution >= 0.6 is 0 Å². The van der Waals surface area contributed by atoms with E-state index in [4.69, 9.17) is 0 Å². The second-order valence-corrected chi connectivity index (χ2v) is 5.72. The van der Waals surface area contributed by atoms with E-state index in [2.05, 4.69) is 10.6 Å². The Labute approximate surface area is 141 Å². The molecule has 0 saturated carbocycles. The summed E-state index contributed by atoms with van der Waals surface area (Å²) in [5.41, 5.74) is 3.60. The zero-order valence-corrected chi connectivity index (χ0v) is 13.9. The lowest BCUT2D eigenvalue weighted by Gasteiger charge is -2.11. The number of benzene rings is 2. The van der Waals surface area contributed by atoms with Gasteiger partial charge in [-0.2, -0.15) is 0 Å². The number of rotatable bonds is 6. The SMILES string of the molecule is Cc1cccc(C)c1NC(=O)CC(=O)NCCc1ccc(F)cc1. The molecule has 0 radical (unpaired) electrons. The molecule has 0 unspecified atom stereocenters. The van der Waals surface area contributed by atoms with Crippen molar-refractivity contribution in [3.05, 3.63) is 65.0 Å². The van der Waals surface area contributed by atoms with Crippen LogP contribution in [0.5, 0.6) is 0 Å². The van der Waals surface area contributed by atoms with Crippen LogP contribution in [0.2, 0.25) is 0 Å². The smallest absolute Gasteiger partial charge is 0.233 e. The summed E-state index contributed by atoms with van der Waals surface area (Å²) in [6.45, 7) is 4.22. The van der Waals surface area contributed by atoms with Gasteiger partial charge in [-0.3, -0.25) is 9.59 Å². The maximum Gasteiger partial charge on any atom is 0.233 e. The molecule has 5 heteroatoms. The average Bonchev–Trinajstić information content (AvgIpc) is 2.53. The van der Waals surface area contributed by atoms with Gasteiger partial charge in [-0.05, 0) is 49.1 Å². The van der Waals surface area contributed by atoms with Crippen molar-refractivity contribution in [1.29, 1.82) is 0 Å². The van der Waals surface area contributed by atoms with Crippen LogP contribution < -0.4 is 10.6 Å². The van der Waals surface area contributed by atoms with E-state index < -0.39 is 0 Å². The van der Waals surface area contributed by atoms with E-state index in [1.54, 1.807) is 12.1 Å². The number of carbonyl (C=O) groups is 2. The van der Waals surface area contributed by atoms with Crippen LogP contribution in [0.15, 0.2) is 42.5 Å². The highest BCUT2D eigenvalue weighted by molar-refractivity contribution is 6.04. The number of nitrogens with one attached hydrogen (secondary N) is 2. The molecule has 0 aliphatic carbocycles. The van der Waals surface area contributed by atoms with Crippen molar-refractivity contribution >= 4 is 17.5 Å². The predicted molar refractivity (Wildman–Crippen MR) is 92.3 cm³/mol. The molecule has 0 atom stereocenters. The van der Waals surface area contributed by atoms with Crippen LogP contribution in [0.4, 0.5) is 10.1 Å². The van der Waals surface area contributed by atoms with Crippen molar-refractivity contribution < 1.29 is 14.0 Å². The molecule has 126 valence electrons. The summed E-state index contributed by atoms with van der Waals surface area (Å²) in [4.78, 5) is 23.8. The third-order valence-corrected chi connectivity index (χ3v) is 3.72. The highest BCUT2D eigenvalue weighted by Crippen LogP contribution is 2.19. The molecular formula is C19H21FN2O2. The lowest BCUT2D eigenvalue weighted by molar-refractivity contribution is -0.126. The molecule has 0 heterocycles. The van der Waals surface area contributed by atoms with Gasteiger partial charge in [0.2, 0.25) is 11.8 Å². The molecule has 0 aromatic heterocycles. The van der Waals surface area contributed by atoms with Crippen LogP contribution in [0.1, 0.15) is 23.1 Å². The van der Waals surface area contributed by atoms with E-state index in [1.807, 2.05) is 32.0 Å². The zero-order valence-electron chi connectivity index (χ0n) is 13.9. The standard InChI is InChI=1S/C19H21FN2O2/c1-13-4-3-5-14(2)19(13)22-18(24)12-17(23)21-11-10-15-6-8-16(20)9-7-15/h3-9H,10-12H2,1-2H3,(H,21,23)(H,22,24). The number of amides is 2. The number of anilines is 1. The lowest BCUT2D eigenvalue weighted by atomic mass is 10.1. The summed E-state index contributed by atoms with van der Waals surface area (Å²) in [5.74, 6) is -0.960. The Morgan fingerprint density at radius 1 is 0.958 bits per heavy atom. The van der Waals surface area contributed by atoms with Crippen molar-refractivity contribution in [2.75, 3.05) is 11.9 Å². The Bertz CT molecular complexity index is 706. The first-order valence-electron chi connectivity index (χ1n) is 7.83. The minimum absolute atomic E-state index is 0.225. The molecule has 0 saturated heterocycles. The highest BCUT2D eigenvalue weighted by Gasteiger charge is 2.11. The quantitative estimate of drug-likeness (QED) is 0.801. The zero-order chi connectivity index (χ0) is 17.5. The van der Waals surface area contributed by atoms with Gasteiger partial charge in [-0.25, -0.2) is 4.39 Å². The highest BCUT2D eigenvalue weighted by atomic mass is 19.1. The second-order valence-electron chi connectivity index (χ2n) is 5.72. The van der Waals surface area contributed by atoms with Crippen molar-refractivity contribution in [1.82, 2.24) is 5.32 Å². The fraction of sp³-hybridized carbons (Fsp3) is 0.263. The minimum atomic E-state index is -0.341. The first-order valence-corrected chi connectivity index (χ1v) is 7.83. The normalized spacial score (nSPS) is 10.3. The van der Waals surface area contributed by atoms with Crippen LogP contribution in [0.25, 0.3) is 0 Å². The van der Waals surface area contributed by atoms with Crippen molar-refractivity contribution in [2.24, 2.45) is 0 Å². The van der Waals surface area contributed by atoms with Gasteiger partial charge in [0.25, 0.3) is 0 Å². The summed E-state index contributed by atoms with van der Waals surface area (Å²) >= 11 is 0. The third-order valence-electron chi connectivity index (χ3n) is 3.72. The summed E-state index contributed by atoms with van der Waals surface area (Å²) < 4.78 is 12.8. The van der Waals surface area contributed by atoms with Gasteiger partial charge in [-0.1, -0.05) is 30.3 Å². The molecule has 0 fully saturated rings. The van der Waals surface area contributed by atoms with E-state index >= 15 is 0 Å². The molecule has 24 heavy (non-hydrogen) atoms. The number of hydrogen-bond acceptors (Lipinski definition) is 2. The minimum Gasteiger partial charge on any atom is -0.355 e. The molecule has 2 aromatic carbocycles. The number of carbonyl (C=O) groups excluding carboxylic acids is 2. The van der Waals surface area contributed by atoms with Gasteiger partial charge in [0.1, 0.15) is 12.2 Å². The van der Waals surface area contributed by atoms with Crippen molar-refractivity contribution in [3.63, 3.8) is 0 Å². The van der Waals surface area contributed by atoms with Crippen molar-refractivity contribution in [3.8, 4) is 0 Å². The Hall–Kier alpha value is -2.69. The van der Waals surface area contributed by atoms with Crippen LogP contribution in [0, 0.1) is 19.7 Å². The molecule has 2 amide bonds. The molecule has 0 aliphatic heterocycles. The fourth-order valence-electron chi connectivity index (χ4n) is 2.40. The second kappa shape index (κ2) is 8.24. The largest absolute Gasteiger partial charge is 0.355 e. The third kappa shape index (κ3) is 5.19. The molecule has 0 spiro atoms. The molecule has 2 N–H and O–H groups in total. The fourth-order valence-corrected chi connectivity index (χ4v) is 2.40. The number of halogens is 1. The summed E-state index contributed by atoms with van der Waals surface area (Å²) in [6.07, 6.45) is 0.363. The van der Waals surface area contributed by atoms with Crippen molar-refractivity contribution in [2.45, 2.75) is 26.7 Å². The number of hydrogen-bond donors (Lipinski definition) is 2. The maximum absolute atomic E-state index is 12.8. The van der Waals surface area contributed by atoms with E-state index in [9.17, 15) is 14.0 Å². The van der Waals surface area contributed by atoms with Crippen LogP contribution in [-0.4, -0.2) is 18.4 Å². The van der Waals surface area contributed by atoms with Gasteiger partial charge in [0.15, 0.2) is 0 Å². The van der Waals surface area contributed by atoms with Crippen LogP contribution in [0.3, 0.4) is 0 Å². The number of para-hydroxylation sites is 1. The van der Waals surface area contributed by atoms with Gasteiger partial charge in [0, 0.05) is 12.2 Å². The number of aryl methyl sites for hydroxylation is 2. The molecule has 2 aromatic rings. The first kappa shape index (κ1) is 17.7. The topological polar surface area (TPSA) is 58.2 Å². The summed E-state index contributed by atoms with van der Waals surface area (Å²) in [7, 11) is 0. The van der Waals surface area contributed by atoms with Crippen LogP contribution in [-0.2, 0) is 16.0 Å². The van der Waals surface area contributed by atoms with Gasteiger partial charge in [-0.15, -0.1) is 0 Å². The predicted octanol–water partition coefficient (Wildman–Crippen LogP) is 3.13. The molecule has 0 bridgehead atoms. The van der Waals surface area contributed by atoms with E-state index in [-0.39, 0.29) is 24.1 Å². The van der Waals surface area contributed by atoms with Gasteiger partial charge < -0.3 is 10.6 Å². The van der Waals surface area contributed by atoms with E-state index in [0.717, 1.165) is 22.4 Å². The molecule has 0 aliphatic rings. The molecule has 4 nitrogen and oxygen atoms in total. The van der Waals surface area contributed by atoms with Gasteiger partial charge in [0.05, 0.1) is 0 Å². The summed E-state index contributed by atoms with van der Waals surface area (Å²) in [6, 6.07) is 11.9.